The molecule has 0 amide bonds. The summed E-state index contributed by atoms with van der Waals surface area (Å²) < 4.78 is 26.7. The summed E-state index contributed by atoms with van der Waals surface area (Å²) in [6.45, 7) is 9.11. The van der Waals surface area contributed by atoms with Crippen LogP contribution in [0.3, 0.4) is 0 Å². The normalized spacial score (nSPS) is 15.4. The Bertz CT molecular complexity index is 877. The topological polar surface area (TPSA) is 12.4 Å². The van der Waals surface area contributed by atoms with Crippen molar-refractivity contribution in [3.8, 4) is 0 Å². The minimum atomic E-state index is -2.84. The molecule has 0 saturated heterocycles. The van der Waals surface area contributed by atoms with Crippen molar-refractivity contribution in [2.75, 3.05) is 0 Å². The summed E-state index contributed by atoms with van der Waals surface area (Å²) >= 11 is 0. The van der Waals surface area contributed by atoms with E-state index in [1.54, 1.807) is 12.1 Å². The molecule has 25 heavy (non-hydrogen) atoms. The van der Waals surface area contributed by atoms with E-state index in [4.69, 9.17) is 4.99 Å². The lowest BCUT2D eigenvalue weighted by molar-refractivity contribution is 0.0175. The first-order valence-electron chi connectivity index (χ1n) is 8.28. The second kappa shape index (κ2) is 6.40. The molecule has 0 N–H and O–H groups in total. The number of hydrogen-bond donors (Lipinski definition) is 0. The molecule has 1 nitrogen and oxygen atoms in total. The third-order valence-corrected chi connectivity index (χ3v) is 4.50. The minimum Gasteiger partial charge on any atom is -0.248 e. The highest BCUT2D eigenvalue weighted by molar-refractivity contribution is 6.18. The van der Waals surface area contributed by atoms with E-state index in [0.29, 0.717) is 5.70 Å². The fourth-order valence-corrected chi connectivity index (χ4v) is 3.04. The first-order chi connectivity index (χ1) is 11.8. The Morgan fingerprint density at radius 1 is 1.04 bits per heavy atom. The van der Waals surface area contributed by atoms with Crippen LogP contribution in [-0.2, 0) is 12.3 Å². The van der Waals surface area contributed by atoms with Gasteiger partial charge in [0.25, 0.3) is 5.92 Å². The molecule has 0 fully saturated rings. The number of nitrogens with zero attached hydrogens (tertiary/aromatic N) is 1. The molecule has 3 heteroatoms. The molecule has 0 unspecified atom stereocenters. The monoisotopic (exact) mass is 337 g/mol. The fourth-order valence-electron chi connectivity index (χ4n) is 3.04. The van der Waals surface area contributed by atoms with Crippen LogP contribution in [0.5, 0.6) is 0 Å². The van der Waals surface area contributed by atoms with Crippen LogP contribution in [0.25, 0.3) is 5.70 Å². The van der Waals surface area contributed by atoms with Crippen LogP contribution in [0, 0.1) is 0 Å². The summed E-state index contributed by atoms with van der Waals surface area (Å²) in [4.78, 5) is 4.76. The average molecular weight is 337 g/mol. The smallest absolute Gasteiger partial charge is 0.248 e. The molecule has 0 spiro atoms. The van der Waals surface area contributed by atoms with Gasteiger partial charge in [0.15, 0.2) is 0 Å². The molecule has 3 rings (SSSR count). The van der Waals surface area contributed by atoms with Crippen molar-refractivity contribution in [3.05, 3.63) is 88.5 Å². The maximum Gasteiger partial charge on any atom is 0.270 e. The molecule has 0 radical (unpaired) electrons. The third-order valence-electron chi connectivity index (χ3n) is 4.50. The second-order valence-electron chi connectivity index (χ2n) is 6.69. The van der Waals surface area contributed by atoms with Crippen molar-refractivity contribution in [1.29, 1.82) is 0 Å². The Hall–Kier alpha value is -2.55. The van der Waals surface area contributed by atoms with Crippen LogP contribution in [0.15, 0.2) is 71.2 Å². The van der Waals surface area contributed by atoms with Crippen LogP contribution < -0.4 is 0 Å². The number of alkyl halides is 2. The number of fused-ring (bicyclic) bond motifs is 1. The zero-order chi connectivity index (χ0) is 18.2. The Labute approximate surface area is 147 Å². The highest BCUT2D eigenvalue weighted by atomic mass is 19.3. The van der Waals surface area contributed by atoms with Crippen molar-refractivity contribution in [2.45, 2.75) is 33.1 Å². The zero-order valence-corrected chi connectivity index (χ0v) is 14.7. The Balaban J connectivity index is 1.99. The van der Waals surface area contributed by atoms with Gasteiger partial charge in [-0.15, -0.1) is 0 Å². The lowest BCUT2D eigenvalue weighted by Crippen LogP contribution is -2.06. The molecule has 0 aliphatic heterocycles. The van der Waals surface area contributed by atoms with Gasteiger partial charge < -0.3 is 0 Å². The lowest BCUT2D eigenvalue weighted by atomic mass is 10.0. The summed E-state index contributed by atoms with van der Waals surface area (Å²) in [5.74, 6) is -2.84. The van der Waals surface area contributed by atoms with Crippen LogP contribution in [-0.4, -0.2) is 5.71 Å². The number of benzene rings is 2. The van der Waals surface area contributed by atoms with Crippen molar-refractivity contribution in [2.24, 2.45) is 4.99 Å². The highest BCUT2D eigenvalue weighted by Crippen LogP contribution is 2.32. The Kier molecular flexibility index (Phi) is 4.42. The number of halogens is 2. The average Bonchev–Trinajstić information content (AvgIpc) is 2.93. The van der Waals surface area contributed by atoms with Gasteiger partial charge >= 0.3 is 0 Å². The SMILES string of the molecule is C=C(N=C1C(=C(C)C)Cc2ccccc21)c1ccc(C(C)(F)F)cc1. The molecule has 2 aromatic carbocycles. The minimum absolute atomic E-state index is 0.00657. The molecule has 0 atom stereocenters. The lowest BCUT2D eigenvalue weighted by Gasteiger charge is -2.11. The molecule has 2 aromatic rings. The standard InChI is InChI=1S/C22H21F2N/c1-14(2)20-13-17-7-5-6-8-19(17)21(20)25-15(3)16-9-11-18(12-10-16)22(4,23)24/h5-12H,3,13H2,1-2,4H3. The third kappa shape index (κ3) is 3.46. The van der Waals surface area contributed by atoms with E-state index in [1.807, 2.05) is 12.1 Å². The fraction of sp³-hybridized carbons (Fsp3) is 0.227. The molecule has 0 saturated carbocycles. The molecule has 0 aromatic heterocycles. The number of hydrogen-bond acceptors (Lipinski definition) is 1. The van der Waals surface area contributed by atoms with Gasteiger partial charge in [0, 0.05) is 24.5 Å². The maximum absolute atomic E-state index is 13.4. The van der Waals surface area contributed by atoms with Crippen molar-refractivity contribution in [3.63, 3.8) is 0 Å². The predicted octanol–water partition coefficient (Wildman–Crippen LogP) is 6.15. The van der Waals surface area contributed by atoms with Crippen molar-refractivity contribution in [1.82, 2.24) is 0 Å². The molecule has 0 bridgehead atoms. The number of rotatable bonds is 3. The second-order valence-corrected chi connectivity index (χ2v) is 6.69. The van der Waals surface area contributed by atoms with E-state index >= 15 is 0 Å². The molecule has 1 aliphatic rings. The number of aliphatic imine (C=N–C) groups is 1. The van der Waals surface area contributed by atoms with Gasteiger partial charge in [-0.25, -0.2) is 13.8 Å². The Morgan fingerprint density at radius 2 is 1.68 bits per heavy atom. The zero-order valence-electron chi connectivity index (χ0n) is 14.7. The van der Waals surface area contributed by atoms with Crippen LogP contribution in [0.1, 0.15) is 43.0 Å². The van der Waals surface area contributed by atoms with Crippen molar-refractivity contribution >= 4 is 11.4 Å². The number of allylic oxidation sites excluding steroid dienone is 2. The van der Waals surface area contributed by atoms with Crippen LogP contribution in [0.4, 0.5) is 8.78 Å². The van der Waals surface area contributed by atoms with Gasteiger partial charge in [-0.05, 0) is 30.5 Å². The highest BCUT2D eigenvalue weighted by Gasteiger charge is 2.25. The van der Waals surface area contributed by atoms with E-state index < -0.39 is 5.92 Å². The summed E-state index contributed by atoms with van der Waals surface area (Å²) in [6.07, 6.45) is 0.867. The van der Waals surface area contributed by atoms with Crippen molar-refractivity contribution < 1.29 is 8.78 Å². The van der Waals surface area contributed by atoms with Gasteiger partial charge in [0.05, 0.1) is 11.4 Å². The quantitative estimate of drug-likeness (QED) is 0.637. The largest absolute Gasteiger partial charge is 0.270 e. The van der Waals surface area contributed by atoms with Crippen LogP contribution >= 0.6 is 0 Å². The molecular formula is C22H21F2N. The summed E-state index contributed by atoms with van der Waals surface area (Å²) in [5, 5.41) is 0. The van der Waals surface area contributed by atoms with Gasteiger partial charge in [-0.1, -0.05) is 60.7 Å². The van der Waals surface area contributed by atoms with E-state index in [1.165, 1.54) is 28.8 Å². The summed E-state index contributed by atoms with van der Waals surface area (Å²) in [6, 6.07) is 14.4. The predicted molar refractivity (Wildman–Crippen MR) is 100 cm³/mol. The van der Waals surface area contributed by atoms with Gasteiger partial charge in [0.2, 0.25) is 0 Å². The van der Waals surface area contributed by atoms with E-state index in [9.17, 15) is 8.78 Å². The summed E-state index contributed by atoms with van der Waals surface area (Å²) in [7, 11) is 0. The molecule has 0 heterocycles. The Morgan fingerprint density at radius 3 is 2.28 bits per heavy atom. The molecule has 1 aliphatic carbocycles. The van der Waals surface area contributed by atoms with Gasteiger partial charge in [-0.3, -0.25) is 0 Å². The van der Waals surface area contributed by atoms with Gasteiger partial charge in [-0.2, -0.15) is 0 Å². The van der Waals surface area contributed by atoms with E-state index in [-0.39, 0.29) is 5.56 Å². The summed E-state index contributed by atoms with van der Waals surface area (Å²) in [5.41, 5.74) is 7.07. The first-order valence-corrected chi connectivity index (χ1v) is 8.28. The van der Waals surface area contributed by atoms with Crippen LogP contribution in [0.2, 0.25) is 0 Å². The molecule has 128 valence electrons. The first kappa shape index (κ1) is 17.3. The van der Waals surface area contributed by atoms with E-state index in [2.05, 4.69) is 32.6 Å². The van der Waals surface area contributed by atoms with Gasteiger partial charge in [0.1, 0.15) is 0 Å². The molecular weight excluding hydrogens is 316 g/mol. The van der Waals surface area contributed by atoms with E-state index in [0.717, 1.165) is 30.2 Å². The maximum atomic E-state index is 13.4.